The first-order chi connectivity index (χ1) is 14.4. The fourth-order valence-corrected chi connectivity index (χ4v) is 3.50. The second kappa shape index (κ2) is 9.19. The number of hydrogen-bond donors (Lipinski definition) is 1. The molecule has 3 rings (SSSR count). The van der Waals surface area contributed by atoms with Gasteiger partial charge in [0.25, 0.3) is 11.6 Å². The van der Waals surface area contributed by atoms with E-state index >= 15 is 0 Å². The summed E-state index contributed by atoms with van der Waals surface area (Å²) >= 11 is 0.990. The lowest BCUT2D eigenvalue weighted by atomic mass is 10.1. The van der Waals surface area contributed by atoms with Gasteiger partial charge in [0.15, 0.2) is 0 Å². The number of carbonyl (C=O) groups excluding carboxylic acids is 2. The minimum atomic E-state index is -0.612. The van der Waals surface area contributed by atoms with Gasteiger partial charge in [-0.05, 0) is 42.5 Å². The van der Waals surface area contributed by atoms with Crippen LogP contribution in [0.4, 0.5) is 15.8 Å². The molecule has 30 heavy (non-hydrogen) atoms. The van der Waals surface area contributed by atoms with Crippen molar-refractivity contribution in [2.24, 2.45) is 0 Å². The number of carbonyl (C=O) groups is 2. The molecule has 7 nitrogen and oxygen atoms in total. The minimum absolute atomic E-state index is 0.0227. The van der Waals surface area contributed by atoms with Crippen LogP contribution in [0.15, 0.2) is 76.5 Å². The number of hydrogen-bond acceptors (Lipinski definition) is 6. The number of ether oxygens (including phenoxy) is 1. The van der Waals surface area contributed by atoms with Crippen molar-refractivity contribution < 1.29 is 23.6 Å². The van der Waals surface area contributed by atoms with Crippen molar-refractivity contribution in [2.45, 2.75) is 9.79 Å². The summed E-state index contributed by atoms with van der Waals surface area (Å²) in [6, 6.07) is 15.8. The van der Waals surface area contributed by atoms with Gasteiger partial charge in [-0.2, -0.15) is 0 Å². The van der Waals surface area contributed by atoms with E-state index in [1.54, 1.807) is 18.2 Å². The zero-order chi connectivity index (χ0) is 21.7. The Labute approximate surface area is 175 Å². The Hall–Kier alpha value is -3.72. The van der Waals surface area contributed by atoms with Crippen LogP contribution in [0.3, 0.4) is 0 Å². The number of esters is 1. The molecule has 0 aromatic heterocycles. The third-order valence-electron chi connectivity index (χ3n) is 4.04. The highest BCUT2D eigenvalue weighted by molar-refractivity contribution is 7.99. The lowest BCUT2D eigenvalue weighted by molar-refractivity contribution is -0.384. The molecule has 3 aromatic rings. The van der Waals surface area contributed by atoms with Gasteiger partial charge < -0.3 is 10.1 Å². The van der Waals surface area contributed by atoms with Crippen LogP contribution in [-0.2, 0) is 4.74 Å². The molecular formula is C21H15FN2O5S. The first-order valence-corrected chi connectivity index (χ1v) is 9.41. The van der Waals surface area contributed by atoms with Gasteiger partial charge in [0.1, 0.15) is 5.82 Å². The van der Waals surface area contributed by atoms with Crippen molar-refractivity contribution >= 4 is 35.0 Å². The van der Waals surface area contributed by atoms with Crippen molar-refractivity contribution in [3.05, 3.63) is 93.8 Å². The predicted octanol–water partition coefficient (Wildman–Crippen LogP) is 4.92. The highest BCUT2D eigenvalue weighted by Crippen LogP contribution is 2.34. The summed E-state index contributed by atoms with van der Waals surface area (Å²) in [5.41, 5.74) is 0.441. The van der Waals surface area contributed by atoms with E-state index < -0.39 is 22.6 Å². The molecule has 152 valence electrons. The molecule has 0 saturated carbocycles. The second-order valence-corrected chi connectivity index (χ2v) is 7.08. The Kier molecular flexibility index (Phi) is 6.43. The van der Waals surface area contributed by atoms with Crippen molar-refractivity contribution in [1.82, 2.24) is 0 Å². The molecular weight excluding hydrogens is 411 g/mol. The molecule has 0 heterocycles. The summed E-state index contributed by atoms with van der Waals surface area (Å²) < 4.78 is 18.6. The van der Waals surface area contributed by atoms with Gasteiger partial charge in [0, 0.05) is 27.6 Å². The summed E-state index contributed by atoms with van der Waals surface area (Å²) in [6.45, 7) is 0. The molecule has 1 N–H and O–H groups in total. The van der Waals surface area contributed by atoms with Gasteiger partial charge in [0.2, 0.25) is 0 Å². The average Bonchev–Trinajstić information content (AvgIpc) is 2.75. The van der Waals surface area contributed by atoms with Crippen LogP contribution in [0.5, 0.6) is 0 Å². The predicted molar refractivity (Wildman–Crippen MR) is 109 cm³/mol. The highest BCUT2D eigenvalue weighted by atomic mass is 32.2. The van der Waals surface area contributed by atoms with Gasteiger partial charge in [-0.15, -0.1) is 0 Å². The van der Waals surface area contributed by atoms with E-state index in [0.29, 0.717) is 16.1 Å². The van der Waals surface area contributed by atoms with E-state index in [1.807, 2.05) is 0 Å². The van der Waals surface area contributed by atoms with Crippen molar-refractivity contribution in [3.8, 4) is 0 Å². The first kappa shape index (κ1) is 21.0. The summed E-state index contributed by atoms with van der Waals surface area (Å²) in [7, 11) is 1.26. The third-order valence-corrected chi connectivity index (χ3v) is 5.17. The standard InChI is InChI=1S/C21H15FN2O5S/c1-29-21(26)13-6-8-14(9-7-13)23-20(25)16-12-15(24(27)28)10-11-18(16)30-19-5-3-2-4-17(19)22/h2-12H,1H3,(H,23,25). The monoisotopic (exact) mass is 426 g/mol. The fraction of sp³-hybridized carbons (Fsp3) is 0.0476. The van der Waals surface area contributed by atoms with Gasteiger partial charge in [-0.1, -0.05) is 23.9 Å². The molecule has 0 unspecified atom stereocenters. The number of amides is 1. The molecule has 0 spiro atoms. The normalized spacial score (nSPS) is 10.3. The first-order valence-electron chi connectivity index (χ1n) is 8.59. The number of anilines is 1. The summed E-state index contributed by atoms with van der Waals surface area (Å²) in [4.78, 5) is 35.5. The Balaban J connectivity index is 1.91. The highest BCUT2D eigenvalue weighted by Gasteiger charge is 2.19. The van der Waals surface area contributed by atoms with E-state index in [9.17, 15) is 24.1 Å². The third kappa shape index (κ3) is 4.81. The largest absolute Gasteiger partial charge is 0.465 e. The molecule has 0 fully saturated rings. The lowest BCUT2D eigenvalue weighted by Gasteiger charge is -2.11. The number of nitro groups is 1. The molecule has 9 heteroatoms. The van der Waals surface area contributed by atoms with Crippen LogP contribution < -0.4 is 5.32 Å². The van der Waals surface area contributed by atoms with Crippen LogP contribution in [0.1, 0.15) is 20.7 Å². The molecule has 0 aliphatic carbocycles. The number of benzene rings is 3. The Morgan fingerprint density at radius 2 is 1.73 bits per heavy atom. The minimum Gasteiger partial charge on any atom is -0.465 e. The lowest BCUT2D eigenvalue weighted by Crippen LogP contribution is -2.13. The zero-order valence-corrected chi connectivity index (χ0v) is 16.4. The van der Waals surface area contributed by atoms with Crippen molar-refractivity contribution in [1.29, 1.82) is 0 Å². The molecule has 0 saturated heterocycles. The van der Waals surface area contributed by atoms with E-state index in [2.05, 4.69) is 10.1 Å². The van der Waals surface area contributed by atoms with Crippen molar-refractivity contribution in [3.63, 3.8) is 0 Å². The Bertz CT molecular complexity index is 1120. The van der Waals surface area contributed by atoms with E-state index in [0.717, 1.165) is 17.8 Å². The van der Waals surface area contributed by atoms with Gasteiger partial charge in [-0.25, -0.2) is 9.18 Å². The average molecular weight is 426 g/mol. The zero-order valence-electron chi connectivity index (χ0n) is 15.6. The summed E-state index contributed by atoms with van der Waals surface area (Å²) in [5, 5.41) is 13.8. The van der Waals surface area contributed by atoms with Crippen LogP contribution in [-0.4, -0.2) is 23.9 Å². The summed E-state index contributed by atoms with van der Waals surface area (Å²) in [6.07, 6.45) is 0. The Morgan fingerprint density at radius 1 is 1.03 bits per heavy atom. The maximum Gasteiger partial charge on any atom is 0.337 e. The van der Waals surface area contributed by atoms with Crippen LogP contribution in [0.25, 0.3) is 0 Å². The number of rotatable bonds is 6. The van der Waals surface area contributed by atoms with E-state index in [4.69, 9.17) is 0 Å². The number of nitrogens with one attached hydrogen (secondary N) is 1. The van der Waals surface area contributed by atoms with E-state index in [1.165, 1.54) is 49.6 Å². The van der Waals surface area contributed by atoms with Crippen molar-refractivity contribution in [2.75, 3.05) is 12.4 Å². The molecule has 0 atom stereocenters. The fourth-order valence-electron chi connectivity index (χ4n) is 2.55. The molecule has 0 radical (unpaired) electrons. The van der Waals surface area contributed by atoms with Gasteiger partial charge >= 0.3 is 5.97 Å². The quantitative estimate of drug-likeness (QED) is 0.341. The molecule has 0 aliphatic heterocycles. The smallest absolute Gasteiger partial charge is 0.337 e. The van der Waals surface area contributed by atoms with Crippen LogP contribution in [0.2, 0.25) is 0 Å². The topological polar surface area (TPSA) is 98.5 Å². The molecule has 3 aromatic carbocycles. The second-order valence-electron chi connectivity index (χ2n) is 5.99. The molecule has 0 bridgehead atoms. The number of nitrogens with zero attached hydrogens (tertiary/aromatic N) is 1. The maximum absolute atomic E-state index is 14.0. The number of methoxy groups -OCH3 is 1. The van der Waals surface area contributed by atoms with E-state index in [-0.39, 0.29) is 16.1 Å². The Morgan fingerprint density at radius 3 is 2.37 bits per heavy atom. The SMILES string of the molecule is COC(=O)c1ccc(NC(=O)c2cc([N+](=O)[O-])ccc2Sc2ccccc2F)cc1. The van der Waals surface area contributed by atoms with Crippen LogP contribution >= 0.6 is 11.8 Å². The molecule has 0 aliphatic rings. The number of nitro benzene ring substituents is 1. The number of non-ortho nitro benzene ring substituents is 1. The molecule has 1 amide bonds. The van der Waals surface area contributed by atoms with Crippen LogP contribution in [0, 0.1) is 15.9 Å². The summed E-state index contributed by atoms with van der Waals surface area (Å²) in [5.74, 6) is -1.59. The van der Waals surface area contributed by atoms with Gasteiger partial charge in [0.05, 0.1) is 23.2 Å². The number of halogens is 1. The maximum atomic E-state index is 14.0. The van der Waals surface area contributed by atoms with Gasteiger partial charge in [-0.3, -0.25) is 14.9 Å².